The Morgan fingerprint density at radius 3 is 2.52 bits per heavy atom. The van der Waals surface area contributed by atoms with Crippen molar-refractivity contribution in [1.82, 2.24) is 14.8 Å². The molecule has 2 aromatic rings. The van der Waals surface area contributed by atoms with Gasteiger partial charge in [-0.1, -0.05) is 30.3 Å². The lowest BCUT2D eigenvalue weighted by Crippen LogP contribution is -2.51. The predicted molar refractivity (Wildman–Crippen MR) is 94.1 cm³/mol. The minimum atomic E-state index is 0.653. The first-order chi connectivity index (χ1) is 11.3. The number of piperazine rings is 1. The van der Waals surface area contributed by atoms with Crippen LogP contribution in [-0.4, -0.2) is 46.5 Å². The molecule has 0 radical (unpaired) electrons. The van der Waals surface area contributed by atoms with Gasteiger partial charge in [-0.25, -0.2) is 0 Å². The normalized spacial score (nSPS) is 23.1. The van der Waals surface area contributed by atoms with E-state index >= 15 is 0 Å². The molecule has 1 saturated carbocycles. The van der Waals surface area contributed by atoms with Crippen molar-refractivity contribution in [1.29, 1.82) is 0 Å². The van der Waals surface area contributed by atoms with Crippen LogP contribution in [0.1, 0.15) is 25.3 Å². The van der Waals surface area contributed by atoms with Crippen LogP contribution in [0.15, 0.2) is 48.7 Å². The van der Waals surface area contributed by atoms with Gasteiger partial charge in [0.2, 0.25) is 0 Å². The van der Waals surface area contributed by atoms with E-state index in [9.17, 15) is 0 Å². The number of nitrogens with zero attached hydrogens (tertiary/aromatic N) is 3. The molecule has 1 unspecified atom stereocenters. The molecule has 1 saturated heterocycles. The second-order valence-electron chi connectivity index (χ2n) is 6.96. The van der Waals surface area contributed by atoms with Gasteiger partial charge >= 0.3 is 0 Å². The summed E-state index contributed by atoms with van der Waals surface area (Å²) >= 11 is 0. The van der Waals surface area contributed by atoms with Crippen molar-refractivity contribution in [3.63, 3.8) is 0 Å². The Kier molecular flexibility index (Phi) is 4.15. The number of hydrogen-bond acceptors (Lipinski definition) is 3. The topological polar surface area (TPSA) is 19.4 Å². The van der Waals surface area contributed by atoms with Crippen LogP contribution in [0, 0.1) is 0 Å². The van der Waals surface area contributed by atoms with Crippen molar-refractivity contribution in [3.8, 4) is 11.3 Å². The molecule has 120 valence electrons. The molecule has 23 heavy (non-hydrogen) atoms. The van der Waals surface area contributed by atoms with E-state index in [1.807, 2.05) is 18.3 Å². The van der Waals surface area contributed by atoms with Crippen molar-refractivity contribution < 1.29 is 0 Å². The molecule has 1 aliphatic carbocycles. The Bertz CT molecular complexity index is 634. The summed E-state index contributed by atoms with van der Waals surface area (Å²) < 4.78 is 0. The molecule has 4 rings (SSSR count). The van der Waals surface area contributed by atoms with Gasteiger partial charge in [-0.2, -0.15) is 0 Å². The zero-order valence-corrected chi connectivity index (χ0v) is 13.9. The van der Waals surface area contributed by atoms with Crippen LogP contribution < -0.4 is 0 Å². The minimum Gasteiger partial charge on any atom is -0.298 e. The first-order valence-corrected chi connectivity index (χ1v) is 8.78. The first kappa shape index (κ1) is 14.9. The van der Waals surface area contributed by atoms with E-state index in [4.69, 9.17) is 0 Å². The van der Waals surface area contributed by atoms with Crippen molar-refractivity contribution >= 4 is 0 Å². The van der Waals surface area contributed by atoms with Crippen LogP contribution in [0.5, 0.6) is 0 Å². The lowest BCUT2D eigenvalue weighted by molar-refractivity contribution is 0.0730. The number of aromatic nitrogens is 1. The third-order valence-corrected chi connectivity index (χ3v) is 5.16. The quantitative estimate of drug-likeness (QED) is 0.863. The molecule has 0 N–H and O–H groups in total. The van der Waals surface area contributed by atoms with E-state index in [-0.39, 0.29) is 0 Å². The minimum absolute atomic E-state index is 0.653. The maximum absolute atomic E-state index is 4.42. The maximum atomic E-state index is 4.42. The van der Waals surface area contributed by atoms with Crippen LogP contribution in [0.2, 0.25) is 0 Å². The Labute approximate surface area is 139 Å². The second kappa shape index (κ2) is 6.42. The van der Waals surface area contributed by atoms with E-state index in [1.165, 1.54) is 43.6 Å². The monoisotopic (exact) mass is 307 g/mol. The van der Waals surface area contributed by atoms with Gasteiger partial charge in [0.15, 0.2) is 0 Å². The van der Waals surface area contributed by atoms with Gasteiger partial charge in [-0.05, 0) is 37.5 Å². The Morgan fingerprint density at radius 1 is 1.04 bits per heavy atom. The number of benzene rings is 1. The summed E-state index contributed by atoms with van der Waals surface area (Å²) in [5, 5.41) is 0. The second-order valence-corrected chi connectivity index (χ2v) is 6.96. The summed E-state index contributed by atoms with van der Waals surface area (Å²) in [5.41, 5.74) is 3.64. The summed E-state index contributed by atoms with van der Waals surface area (Å²) in [4.78, 5) is 9.73. The molecule has 3 heteroatoms. The molecule has 0 amide bonds. The van der Waals surface area contributed by atoms with Crippen LogP contribution in [0.25, 0.3) is 11.3 Å². The van der Waals surface area contributed by atoms with Crippen LogP contribution in [0.3, 0.4) is 0 Å². The van der Waals surface area contributed by atoms with E-state index in [2.05, 4.69) is 52.0 Å². The van der Waals surface area contributed by atoms with E-state index in [0.29, 0.717) is 6.04 Å². The molecule has 1 aromatic carbocycles. The van der Waals surface area contributed by atoms with Gasteiger partial charge in [0.1, 0.15) is 0 Å². The molecule has 1 aliphatic heterocycles. The smallest absolute Gasteiger partial charge is 0.0701 e. The van der Waals surface area contributed by atoms with E-state index < -0.39 is 0 Å². The van der Waals surface area contributed by atoms with Gasteiger partial charge in [-0.3, -0.25) is 14.8 Å². The van der Waals surface area contributed by atoms with Crippen molar-refractivity contribution in [2.24, 2.45) is 0 Å². The summed E-state index contributed by atoms with van der Waals surface area (Å²) in [6.07, 6.45) is 4.69. The number of hydrogen-bond donors (Lipinski definition) is 0. The van der Waals surface area contributed by atoms with Gasteiger partial charge in [-0.15, -0.1) is 0 Å². The third kappa shape index (κ3) is 3.46. The zero-order valence-electron chi connectivity index (χ0n) is 13.9. The zero-order chi connectivity index (χ0) is 15.6. The number of rotatable bonds is 4. The SMILES string of the molecule is CC1CN(C2CC2)CCN1Cc1ccc(-c2ccccn2)cc1. The average Bonchev–Trinajstić information content (AvgIpc) is 3.43. The fourth-order valence-corrected chi connectivity index (χ4v) is 3.58. The van der Waals surface area contributed by atoms with Crippen LogP contribution in [-0.2, 0) is 6.54 Å². The number of pyridine rings is 1. The van der Waals surface area contributed by atoms with Crippen LogP contribution in [0.4, 0.5) is 0 Å². The Balaban J connectivity index is 1.39. The summed E-state index contributed by atoms with van der Waals surface area (Å²) in [7, 11) is 0. The predicted octanol–water partition coefficient (Wildman–Crippen LogP) is 3.42. The summed E-state index contributed by atoms with van der Waals surface area (Å²) in [6, 6.07) is 16.5. The molecule has 0 bridgehead atoms. The van der Waals surface area contributed by atoms with Crippen molar-refractivity contribution in [3.05, 3.63) is 54.2 Å². The molecule has 0 spiro atoms. The largest absolute Gasteiger partial charge is 0.298 e. The molecule has 1 aromatic heterocycles. The Morgan fingerprint density at radius 2 is 1.87 bits per heavy atom. The van der Waals surface area contributed by atoms with Crippen molar-refractivity contribution in [2.75, 3.05) is 19.6 Å². The standard InChI is InChI=1S/C20H25N3/c1-16-14-23(19-9-10-19)13-12-22(16)15-17-5-7-18(8-6-17)20-4-2-3-11-21-20/h2-8,11,16,19H,9-10,12-15H2,1H3. The fraction of sp³-hybridized carbons (Fsp3) is 0.450. The molecule has 3 nitrogen and oxygen atoms in total. The van der Waals surface area contributed by atoms with Crippen molar-refractivity contribution in [2.45, 2.75) is 38.4 Å². The Hall–Kier alpha value is -1.71. The lowest BCUT2D eigenvalue weighted by Gasteiger charge is -2.40. The fourth-order valence-electron chi connectivity index (χ4n) is 3.58. The molecule has 2 fully saturated rings. The van der Waals surface area contributed by atoms with Gasteiger partial charge in [0.25, 0.3) is 0 Å². The van der Waals surface area contributed by atoms with Gasteiger partial charge in [0.05, 0.1) is 5.69 Å². The molecule has 2 aliphatic rings. The molecular weight excluding hydrogens is 282 g/mol. The summed E-state index contributed by atoms with van der Waals surface area (Å²) in [6.45, 7) is 7.09. The van der Waals surface area contributed by atoms with E-state index in [1.54, 1.807) is 0 Å². The molecule has 1 atom stereocenters. The highest BCUT2D eigenvalue weighted by molar-refractivity contribution is 5.58. The highest BCUT2D eigenvalue weighted by Gasteiger charge is 2.33. The lowest BCUT2D eigenvalue weighted by atomic mass is 10.1. The van der Waals surface area contributed by atoms with Crippen LogP contribution >= 0.6 is 0 Å². The molecule has 2 heterocycles. The van der Waals surface area contributed by atoms with Gasteiger partial charge < -0.3 is 0 Å². The summed E-state index contributed by atoms with van der Waals surface area (Å²) in [5.74, 6) is 0. The average molecular weight is 307 g/mol. The maximum Gasteiger partial charge on any atom is 0.0701 e. The highest BCUT2D eigenvalue weighted by atomic mass is 15.3. The third-order valence-electron chi connectivity index (χ3n) is 5.16. The van der Waals surface area contributed by atoms with Gasteiger partial charge in [0, 0.05) is 50.0 Å². The molecular formula is C20H25N3. The highest BCUT2D eigenvalue weighted by Crippen LogP contribution is 2.29. The van der Waals surface area contributed by atoms with E-state index in [0.717, 1.165) is 18.3 Å². The first-order valence-electron chi connectivity index (χ1n) is 8.78.